The summed E-state index contributed by atoms with van der Waals surface area (Å²) in [6.45, 7) is 0. The molecular formula is C25H24N6O3. The van der Waals surface area contributed by atoms with Gasteiger partial charge in [0.25, 0.3) is 5.91 Å². The molecule has 0 aliphatic heterocycles. The Labute approximate surface area is 196 Å². The number of amides is 2. The number of ether oxygens (including phenoxy) is 1. The van der Waals surface area contributed by atoms with Crippen molar-refractivity contribution in [3.05, 3.63) is 96.2 Å². The monoisotopic (exact) mass is 456 g/mol. The molecule has 0 aliphatic rings. The number of carbonyl (C=O) groups is 2. The van der Waals surface area contributed by atoms with Crippen LogP contribution in [0.3, 0.4) is 0 Å². The number of hydrogen-bond donors (Lipinski definition) is 4. The van der Waals surface area contributed by atoms with Crippen LogP contribution in [0.25, 0.3) is 5.69 Å². The zero-order chi connectivity index (χ0) is 24.1. The molecule has 172 valence electrons. The van der Waals surface area contributed by atoms with Gasteiger partial charge in [0.15, 0.2) is 5.82 Å². The standard InChI is InChI=1S/C25H24N6O3/c1-34-20-9-5-6-18(14-20)28-25(33)22(27)16-10-12-17(13-11-16)24(32)29-23-21(26)15-31(30-23)19-7-3-2-4-8-19/h2-15,22H,26-27H2,1H3,(H,28,33)(H,29,30,32). The number of carbonyl (C=O) groups excluding carboxylic acids is 2. The van der Waals surface area contributed by atoms with Crippen molar-refractivity contribution in [2.75, 3.05) is 23.5 Å². The molecule has 0 radical (unpaired) electrons. The van der Waals surface area contributed by atoms with Gasteiger partial charge in [0.05, 0.1) is 24.7 Å². The molecule has 3 aromatic carbocycles. The second kappa shape index (κ2) is 9.88. The number of hydrogen-bond acceptors (Lipinski definition) is 6. The van der Waals surface area contributed by atoms with E-state index in [0.29, 0.717) is 28.3 Å². The van der Waals surface area contributed by atoms with E-state index in [0.717, 1.165) is 5.69 Å². The molecule has 1 aromatic heterocycles. The highest BCUT2D eigenvalue weighted by atomic mass is 16.5. The summed E-state index contributed by atoms with van der Waals surface area (Å²) in [7, 11) is 1.55. The number of methoxy groups -OCH3 is 1. The summed E-state index contributed by atoms with van der Waals surface area (Å²) in [6, 6.07) is 21.9. The summed E-state index contributed by atoms with van der Waals surface area (Å²) < 4.78 is 6.75. The molecule has 9 nitrogen and oxygen atoms in total. The van der Waals surface area contributed by atoms with Crippen molar-refractivity contribution in [1.82, 2.24) is 9.78 Å². The molecule has 1 atom stereocenters. The van der Waals surface area contributed by atoms with Gasteiger partial charge in [0, 0.05) is 17.3 Å². The molecule has 0 spiro atoms. The van der Waals surface area contributed by atoms with Crippen LogP contribution in [0.5, 0.6) is 5.75 Å². The third kappa shape index (κ3) is 5.05. The first-order chi connectivity index (χ1) is 16.4. The van der Waals surface area contributed by atoms with Crippen LogP contribution in [0.15, 0.2) is 85.1 Å². The van der Waals surface area contributed by atoms with Crippen molar-refractivity contribution in [1.29, 1.82) is 0 Å². The van der Waals surface area contributed by atoms with E-state index in [1.807, 2.05) is 30.3 Å². The minimum Gasteiger partial charge on any atom is -0.497 e. The molecule has 9 heteroatoms. The molecule has 1 heterocycles. The number of rotatable bonds is 7. The predicted molar refractivity (Wildman–Crippen MR) is 131 cm³/mol. The largest absolute Gasteiger partial charge is 0.497 e. The highest BCUT2D eigenvalue weighted by molar-refractivity contribution is 6.05. The zero-order valence-electron chi connectivity index (χ0n) is 18.4. The number of nitrogens with zero attached hydrogens (tertiary/aromatic N) is 2. The lowest BCUT2D eigenvalue weighted by molar-refractivity contribution is -0.117. The maximum absolute atomic E-state index is 12.7. The molecule has 1 unspecified atom stereocenters. The molecule has 0 saturated heterocycles. The lowest BCUT2D eigenvalue weighted by atomic mass is 10.0. The van der Waals surface area contributed by atoms with Gasteiger partial charge < -0.3 is 26.8 Å². The topological polar surface area (TPSA) is 137 Å². The van der Waals surface area contributed by atoms with E-state index in [1.165, 1.54) is 0 Å². The lowest BCUT2D eigenvalue weighted by Gasteiger charge is -2.14. The Morgan fingerprint density at radius 2 is 1.71 bits per heavy atom. The third-order valence-electron chi connectivity index (χ3n) is 5.15. The van der Waals surface area contributed by atoms with Crippen LogP contribution >= 0.6 is 0 Å². The summed E-state index contributed by atoms with van der Waals surface area (Å²) in [4.78, 5) is 25.2. The normalized spacial score (nSPS) is 11.5. The first kappa shape index (κ1) is 22.6. The molecule has 0 aliphatic carbocycles. The Bertz CT molecular complexity index is 1300. The van der Waals surface area contributed by atoms with Crippen LogP contribution in [0.2, 0.25) is 0 Å². The van der Waals surface area contributed by atoms with Gasteiger partial charge in [0.2, 0.25) is 5.91 Å². The molecular weight excluding hydrogens is 432 g/mol. The molecule has 4 aromatic rings. The van der Waals surface area contributed by atoms with Gasteiger partial charge in [-0.15, -0.1) is 5.10 Å². The fourth-order valence-electron chi connectivity index (χ4n) is 3.29. The zero-order valence-corrected chi connectivity index (χ0v) is 18.4. The molecule has 0 fully saturated rings. The Morgan fingerprint density at radius 1 is 0.971 bits per heavy atom. The number of aromatic nitrogens is 2. The van der Waals surface area contributed by atoms with Crippen LogP contribution in [0, 0.1) is 0 Å². The summed E-state index contributed by atoms with van der Waals surface area (Å²) in [5.74, 6) is 0.110. The first-order valence-electron chi connectivity index (χ1n) is 10.5. The Morgan fingerprint density at radius 3 is 2.41 bits per heavy atom. The smallest absolute Gasteiger partial charge is 0.256 e. The van der Waals surface area contributed by atoms with E-state index < -0.39 is 6.04 Å². The van der Waals surface area contributed by atoms with Gasteiger partial charge in [-0.25, -0.2) is 4.68 Å². The van der Waals surface area contributed by atoms with Gasteiger partial charge >= 0.3 is 0 Å². The minimum atomic E-state index is -0.916. The van der Waals surface area contributed by atoms with Gasteiger partial charge in [-0.05, 0) is 42.0 Å². The maximum Gasteiger partial charge on any atom is 0.256 e. The Hall–Kier alpha value is -4.63. The molecule has 0 bridgehead atoms. The van der Waals surface area contributed by atoms with Crippen molar-refractivity contribution in [2.24, 2.45) is 5.73 Å². The van der Waals surface area contributed by atoms with Crippen molar-refractivity contribution in [3.8, 4) is 11.4 Å². The summed E-state index contributed by atoms with van der Waals surface area (Å²) in [6.07, 6.45) is 1.63. The van der Waals surface area contributed by atoms with Gasteiger partial charge in [-0.3, -0.25) is 9.59 Å². The van der Waals surface area contributed by atoms with Gasteiger partial charge in [0.1, 0.15) is 11.8 Å². The molecule has 34 heavy (non-hydrogen) atoms. The highest BCUT2D eigenvalue weighted by Gasteiger charge is 2.18. The SMILES string of the molecule is COc1cccc(NC(=O)C(N)c2ccc(C(=O)Nc3nn(-c4ccccc4)cc3N)cc2)c1. The van der Waals surface area contributed by atoms with E-state index >= 15 is 0 Å². The van der Waals surface area contributed by atoms with Crippen molar-refractivity contribution >= 4 is 29.0 Å². The van der Waals surface area contributed by atoms with Crippen molar-refractivity contribution < 1.29 is 14.3 Å². The third-order valence-corrected chi connectivity index (χ3v) is 5.15. The van der Waals surface area contributed by atoms with Crippen molar-refractivity contribution in [2.45, 2.75) is 6.04 Å². The van der Waals surface area contributed by atoms with E-state index in [4.69, 9.17) is 16.2 Å². The minimum absolute atomic E-state index is 0.257. The summed E-state index contributed by atoms with van der Waals surface area (Å²) in [5, 5.41) is 9.82. The van der Waals surface area contributed by atoms with E-state index in [1.54, 1.807) is 66.5 Å². The number of para-hydroxylation sites is 1. The Kier molecular flexibility index (Phi) is 6.56. The van der Waals surface area contributed by atoms with Crippen LogP contribution < -0.4 is 26.8 Å². The van der Waals surface area contributed by atoms with Gasteiger partial charge in [-0.1, -0.05) is 36.4 Å². The van der Waals surface area contributed by atoms with Crippen molar-refractivity contribution in [3.63, 3.8) is 0 Å². The number of anilines is 3. The van der Waals surface area contributed by atoms with Crippen LogP contribution in [-0.4, -0.2) is 28.7 Å². The Balaban J connectivity index is 1.41. The van der Waals surface area contributed by atoms with Crippen LogP contribution in [-0.2, 0) is 4.79 Å². The fourth-order valence-corrected chi connectivity index (χ4v) is 3.29. The fraction of sp³-hybridized carbons (Fsp3) is 0.0800. The number of nitrogens with one attached hydrogen (secondary N) is 2. The average Bonchev–Trinajstić information content (AvgIpc) is 3.24. The average molecular weight is 457 g/mol. The van der Waals surface area contributed by atoms with E-state index in [-0.39, 0.29) is 17.6 Å². The second-order valence-corrected chi connectivity index (χ2v) is 7.49. The second-order valence-electron chi connectivity index (χ2n) is 7.49. The van der Waals surface area contributed by atoms with Crippen LogP contribution in [0.4, 0.5) is 17.2 Å². The summed E-state index contributed by atoms with van der Waals surface area (Å²) in [5.41, 5.74) is 14.8. The predicted octanol–water partition coefficient (Wildman–Crippen LogP) is 3.35. The number of nitrogen functional groups attached to an aromatic ring is 1. The molecule has 0 saturated carbocycles. The van der Waals surface area contributed by atoms with E-state index in [2.05, 4.69) is 15.7 Å². The van der Waals surface area contributed by atoms with Gasteiger partial charge in [-0.2, -0.15) is 0 Å². The summed E-state index contributed by atoms with van der Waals surface area (Å²) >= 11 is 0. The first-order valence-corrected chi connectivity index (χ1v) is 10.5. The molecule has 4 rings (SSSR count). The van der Waals surface area contributed by atoms with E-state index in [9.17, 15) is 9.59 Å². The highest BCUT2D eigenvalue weighted by Crippen LogP contribution is 2.21. The molecule has 2 amide bonds. The number of nitrogens with two attached hydrogens (primary N) is 2. The molecule has 6 N–H and O–H groups in total. The maximum atomic E-state index is 12.7. The van der Waals surface area contributed by atoms with Crippen LogP contribution in [0.1, 0.15) is 22.0 Å². The lowest BCUT2D eigenvalue weighted by Crippen LogP contribution is -2.27. The number of benzene rings is 3. The quantitative estimate of drug-likeness (QED) is 0.337.